The van der Waals surface area contributed by atoms with E-state index in [0.29, 0.717) is 13.2 Å². The number of hydrogen-bond acceptors (Lipinski definition) is 5. The quantitative estimate of drug-likeness (QED) is 0.652. The van der Waals surface area contributed by atoms with E-state index in [4.69, 9.17) is 15.2 Å². The number of rotatable bonds is 7. The van der Waals surface area contributed by atoms with Crippen LogP contribution in [0.25, 0.3) is 11.3 Å². The number of ether oxygens (including phenoxy) is 2. The Morgan fingerprint density at radius 2 is 1.58 bits per heavy atom. The zero-order valence-electron chi connectivity index (χ0n) is 13.5. The number of hydrogen-bond donors (Lipinski definition) is 1. The number of benzene rings is 2. The number of aromatic nitrogens is 1. The van der Waals surface area contributed by atoms with Crippen LogP contribution < -0.4 is 15.2 Å². The first kappa shape index (κ1) is 16.5. The van der Waals surface area contributed by atoms with Gasteiger partial charge in [-0.05, 0) is 43.3 Å². The van der Waals surface area contributed by atoms with E-state index in [1.165, 1.54) is 0 Å². The van der Waals surface area contributed by atoms with Gasteiger partial charge in [0, 0.05) is 10.9 Å². The van der Waals surface area contributed by atoms with Gasteiger partial charge in [-0.3, -0.25) is 0 Å². The molecule has 1 atom stereocenters. The maximum atomic E-state index is 5.86. The van der Waals surface area contributed by atoms with E-state index < -0.39 is 0 Å². The second-order valence-electron chi connectivity index (χ2n) is 5.39. The van der Waals surface area contributed by atoms with E-state index in [2.05, 4.69) is 4.98 Å². The van der Waals surface area contributed by atoms with Gasteiger partial charge in [-0.2, -0.15) is 0 Å². The van der Waals surface area contributed by atoms with Gasteiger partial charge in [-0.25, -0.2) is 4.98 Å². The van der Waals surface area contributed by atoms with Crippen molar-refractivity contribution < 1.29 is 9.47 Å². The molecular formula is C19H20N2O2S. The molecule has 3 aromatic rings. The normalized spacial score (nSPS) is 11.9. The number of thiazole rings is 1. The Balaban J connectivity index is 1.51. The highest BCUT2D eigenvalue weighted by atomic mass is 32.1. The summed E-state index contributed by atoms with van der Waals surface area (Å²) < 4.78 is 11.3. The van der Waals surface area contributed by atoms with Crippen LogP contribution in [0.15, 0.2) is 60.0 Å². The third kappa shape index (κ3) is 4.34. The zero-order chi connectivity index (χ0) is 16.8. The van der Waals surface area contributed by atoms with Gasteiger partial charge in [0.15, 0.2) is 0 Å². The Bertz CT molecular complexity index is 755. The van der Waals surface area contributed by atoms with Crippen molar-refractivity contribution in [2.24, 2.45) is 5.73 Å². The fourth-order valence-electron chi connectivity index (χ4n) is 2.19. The first-order chi connectivity index (χ1) is 11.7. The first-order valence-corrected chi connectivity index (χ1v) is 8.72. The van der Waals surface area contributed by atoms with Gasteiger partial charge in [-0.15, -0.1) is 11.3 Å². The maximum Gasteiger partial charge on any atom is 0.122 e. The third-order valence-electron chi connectivity index (χ3n) is 3.43. The average molecular weight is 340 g/mol. The Kier molecular flexibility index (Phi) is 5.46. The predicted molar refractivity (Wildman–Crippen MR) is 97.6 cm³/mol. The molecule has 3 rings (SSSR count). The van der Waals surface area contributed by atoms with E-state index in [0.717, 1.165) is 27.8 Å². The lowest BCUT2D eigenvalue weighted by atomic mass is 10.2. The molecule has 0 saturated carbocycles. The van der Waals surface area contributed by atoms with Gasteiger partial charge < -0.3 is 15.2 Å². The minimum Gasteiger partial charge on any atom is -0.490 e. The molecule has 0 aliphatic rings. The molecule has 24 heavy (non-hydrogen) atoms. The summed E-state index contributed by atoms with van der Waals surface area (Å²) in [5.41, 5.74) is 7.87. The van der Waals surface area contributed by atoms with E-state index in [1.807, 2.05) is 66.9 Å². The summed E-state index contributed by atoms with van der Waals surface area (Å²) in [7, 11) is 0. The summed E-state index contributed by atoms with van der Waals surface area (Å²) in [6.45, 7) is 2.95. The molecule has 0 bridgehead atoms. The second kappa shape index (κ2) is 7.95. The highest BCUT2D eigenvalue weighted by molar-refractivity contribution is 7.10. The van der Waals surface area contributed by atoms with Crippen molar-refractivity contribution in [3.8, 4) is 22.8 Å². The maximum absolute atomic E-state index is 5.86. The summed E-state index contributed by atoms with van der Waals surface area (Å²) in [6.07, 6.45) is 0. The molecule has 4 nitrogen and oxygen atoms in total. The van der Waals surface area contributed by atoms with E-state index >= 15 is 0 Å². The minimum atomic E-state index is -0.0315. The van der Waals surface area contributed by atoms with Crippen LogP contribution in [0.3, 0.4) is 0 Å². The standard InChI is InChI=1S/C19H20N2O2S/c1-14(20)19-21-18(13-24-19)15-7-9-17(10-8-15)23-12-11-22-16-5-3-2-4-6-16/h2-10,13-14H,11-12,20H2,1H3. The van der Waals surface area contributed by atoms with Gasteiger partial charge in [-0.1, -0.05) is 18.2 Å². The molecule has 0 fully saturated rings. The molecule has 0 amide bonds. The van der Waals surface area contributed by atoms with Crippen molar-refractivity contribution >= 4 is 11.3 Å². The lowest BCUT2D eigenvalue weighted by Crippen LogP contribution is -2.08. The summed E-state index contributed by atoms with van der Waals surface area (Å²) in [4.78, 5) is 4.55. The van der Waals surface area contributed by atoms with Crippen LogP contribution in [0.5, 0.6) is 11.5 Å². The molecule has 0 aliphatic heterocycles. The molecule has 2 N–H and O–H groups in total. The Morgan fingerprint density at radius 1 is 0.958 bits per heavy atom. The van der Waals surface area contributed by atoms with Crippen molar-refractivity contribution in [2.75, 3.05) is 13.2 Å². The molecule has 1 heterocycles. The Hall–Kier alpha value is -2.37. The van der Waals surface area contributed by atoms with E-state index in [9.17, 15) is 0 Å². The van der Waals surface area contributed by atoms with Crippen molar-refractivity contribution in [3.63, 3.8) is 0 Å². The van der Waals surface area contributed by atoms with Gasteiger partial charge in [0.25, 0.3) is 0 Å². The molecule has 0 aliphatic carbocycles. The second-order valence-corrected chi connectivity index (χ2v) is 6.28. The van der Waals surface area contributed by atoms with Gasteiger partial charge >= 0.3 is 0 Å². The van der Waals surface area contributed by atoms with Crippen LogP contribution in [0.2, 0.25) is 0 Å². The summed E-state index contributed by atoms with van der Waals surface area (Å²) in [5.74, 6) is 1.67. The summed E-state index contributed by atoms with van der Waals surface area (Å²) in [6, 6.07) is 17.6. The predicted octanol–water partition coefficient (Wildman–Crippen LogP) is 4.29. The molecule has 0 radical (unpaired) electrons. The lowest BCUT2D eigenvalue weighted by Gasteiger charge is -2.08. The molecular weight excluding hydrogens is 320 g/mol. The fraction of sp³-hybridized carbons (Fsp3) is 0.211. The van der Waals surface area contributed by atoms with Crippen LogP contribution in [-0.4, -0.2) is 18.2 Å². The van der Waals surface area contributed by atoms with Crippen LogP contribution in [0.4, 0.5) is 0 Å². The fourth-order valence-corrected chi connectivity index (χ4v) is 2.97. The molecule has 0 spiro atoms. The SMILES string of the molecule is CC(N)c1nc(-c2ccc(OCCOc3ccccc3)cc2)cs1. The third-order valence-corrected chi connectivity index (χ3v) is 4.47. The summed E-state index contributed by atoms with van der Waals surface area (Å²) in [5, 5.41) is 2.98. The first-order valence-electron chi connectivity index (χ1n) is 7.84. The van der Waals surface area contributed by atoms with Crippen LogP contribution in [-0.2, 0) is 0 Å². The largest absolute Gasteiger partial charge is 0.490 e. The van der Waals surface area contributed by atoms with Crippen molar-refractivity contribution in [1.82, 2.24) is 4.98 Å². The number of nitrogens with two attached hydrogens (primary N) is 1. The van der Waals surface area contributed by atoms with E-state index in [-0.39, 0.29) is 6.04 Å². The topological polar surface area (TPSA) is 57.4 Å². The molecule has 1 unspecified atom stereocenters. The minimum absolute atomic E-state index is 0.0315. The van der Waals surface area contributed by atoms with Crippen LogP contribution in [0.1, 0.15) is 18.0 Å². The molecule has 5 heteroatoms. The molecule has 2 aromatic carbocycles. The highest BCUT2D eigenvalue weighted by Gasteiger charge is 2.07. The Morgan fingerprint density at radius 3 is 2.17 bits per heavy atom. The number of para-hydroxylation sites is 1. The van der Waals surface area contributed by atoms with Crippen molar-refractivity contribution in [3.05, 3.63) is 65.0 Å². The van der Waals surface area contributed by atoms with Gasteiger partial charge in [0.1, 0.15) is 29.7 Å². The molecule has 124 valence electrons. The van der Waals surface area contributed by atoms with Crippen LogP contribution >= 0.6 is 11.3 Å². The van der Waals surface area contributed by atoms with Gasteiger partial charge in [0.05, 0.1) is 11.7 Å². The van der Waals surface area contributed by atoms with Gasteiger partial charge in [0.2, 0.25) is 0 Å². The van der Waals surface area contributed by atoms with Crippen LogP contribution in [0, 0.1) is 0 Å². The Labute approximate surface area is 145 Å². The lowest BCUT2D eigenvalue weighted by molar-refractivity contribution is 0.217. The van der Waals surface area contributed by atoms with Crippen molar-refractivity contribution in [2.45, 2.75) is 13.0 Å². The molecule has 1 aromatic heterocycles. The highest BCUT2D eigenvalue weighted by Crippen LogP contribution is 2.26. The monoisotopic (exact) mass is 340 g/mol. The average Bonchev–Trinajstić information content (AvgIpc) is 3.11. The molecule has 0 saturated heterocycles. The smallest absolute Gasteiger partial charge is 0.122 e. The number of nitrogens with zero attached hydrogens (tertiary/aromatic N) is 1. The zero-order valence-corrected chi connectivity index (χ0v) is 14.3. The van der Waals surface area contributed by atoms with Crippen molar-refractivity contribution in [1.29, 1.82) is 0 Å². The summed E-state index contributed by atoms with van der Waals surface area (Å²) >= 11 is 1.59. The van der Waals surface area contributed by atoms with E-state index in [1.54, 1.807) is 11.3 Å².